The van der Waals surface area contributed by atoms with Crippen LogP contribution in [0, 0.1) is 12.3 Å². The second-order valence-electron chi connectivity index (χ2n) is 18.6. The summed E-state index contributed by atoms with van der Waals surface area (Å²) in [5, 5.41) is 32.3. The molecule has 69 heavy (non-hydrogen) atoms. The second kappa shape index (κ2) is 23.1. The maximum atomic E-state index is 14.7. The van der Waals surface area contributed by atoms with Gasteiger partial charge in [0.15, 0.2) is 11.5 Å². The zero-order valence-corrected chi connectivity index (χ0v) is 40.4. The summed E-state index contributed by atoms with van der Waals surface area (Å²) in [7, 11) is 1.49. The third-order valence-electron chi connectivity index (χ3n) is 12.0. The summed E-state index contributed by atoms with van der Waals surface area (Å²) < 4.78 is 14.7. The highest BCUT2D eigenvalue weighted by atomic mass is 32.1. The molecule has 372 valence electrons. The number of rotatable bonds is 22. The maximum Gasteiger partial charge on any atom is 0.356 e. The Morgan fingerprint density at radius 1 is 1.00 bits per heavy atom. The zero-order chi connectivity index (χ0) is 50.8. The Kier molecular flexibility index (Phi) is 17.9. The zero-order valence-electron chi connectivity index (χ0n) is 39.6. The topological polar surface area (TPSA) is 298 Å². The van der Waals surface area contributed by atoms with Crippen molar-refractivity contribution in [1.29, 1.82) is 0 Å². The van der Waals surface area contributed by atoms with E-state index in [1.54, 1.807) is 38.4 Å². The number of β-amino-alcohol motifs (C(OH)–C–C–N with tert-alkyl or cyclic N) is 1. The molecule has 1 saturated carbocycles. The lowest BCUT2D eigenvalue weighted by atomic mass is 9.85. The Bertz CT molecular complexity index is 2450. The molecule has 2 fully saturated rings. The van der Waals surface area contributed by atoms with E-state index >= 15 is 0 Å². The lowest BCUT2D eigenvalue weighted by molar-refractivity contribution is -0.299. The van der Waals surface area contributed by atoms with Crippen molar-refractivity contribution < 1.29 is 58.7 Å². The number of aryl methyl sites for hydroxylation is 1. The van der Waals surface area contributed by atoms with Gasteiger partial charge in [0, 0.05) is 57.7 Å². The number of hydrogen-bond donors (Lipinski definition) is 8. The van der Waals surface area contributed by atoms with Crippen molar-refractivity contribution in [2.75, 3.05) is 33.2 Å². The number of carbonyl (C=O) groups excluding carboxylic acids is 8. The highest BCUT2D eigenvalue weighted by molar-refractivity contribution is 7.13. The molecule has 0 unspecified atom stereocenters. The van der Waals surface area contributed by atoms with Crippen LogP contribution >= 0.6 is 11.3 Å². The van der Waals surface area contributed by atoms with Crippen LogP contribution < -0.4 is 32.7 Å². The number of nitrogens with zero attached hydrogens (tertiary/aromatic N) is 3. The summed E-state index contributed by atoms with van der Waals surface area (Å²) >= 11 is 1.48. The number of ketones is 1. The molecule has 5 rings (SSSR count). The number of halogens is 1. The molecular formula is C48H63FN9O10S+. The van der Waals surface area contributed by atoms with Crippen LogP contribution in [0.25, 0.3) is 10.4 Å². The van der Waals surface area contributed by atoms with Gasteiger partial charge < -0.3 is 47.0 Å². The van der Waals surface area contributed by atoms with Gasteiger partial charge in [-0.05, 0) is 67.3 Å². The average molecular weight is 977 g/mol. The number of nitrogens with one attached hydrogen (secondary N) is 4. The molecule has 19 nitrogen and oxygen atoms in total. The first kappa shape index (κ1) is 53.4. The Morgan fingerprint density at radius 2 is 1.68 bits per heavy atom. The largest absolute Gasteiger partial charge is 0.507 e. The van der Waals surface area contributed by atoms with Crippen molar-refractivity contribution in [2.24, 2.45) is 11.1 Å². The monoisotopic (exact) mass is 976 g/mol. The Labute approximate surface area is 403 Å². The van der Waals surface area contributed by atoms with Gasteiger partial charge in [-0.2, -0.15) is 0 Å². The smallest absolute Gasteiger partial charge is 0.356 e. The van der Waals surface area contributed by atoms with E-state index in [-0.39, 0.29) is 86.9 Å². The summed E-state index contributed by atoms with van der Waals surface area (Å²) in [6.07, 6.45) is 1.58. The minimum atomic E-state index is -2.03. The number of likely N-dealkylation sites (N-methyl/N-ethyl adjacent to an activating group) is 1. The number of benzene rings is 2. The van der Waals surface area contributed by atoms with Crippen LogP contribution in [0.4, 0.5) is 4.39 Å². The Morgan fingerprint density at radius 3 is 2.29 bits per heavy atom. The molecule has 0 bridgehead atoms. The molecule has 1 aliphatic carbocycles. The lowest BCUT2D eigenvalue weighted by Gasteiger charge is -2.36. The van der Waals surface area contributed by atoms with E-state index in [4.69, 9.17) is 5.73 Å². The standard InChI is InChI=1S/C48H62FN9O10S/c1-27-40(69-26-54-27)29-12-10-28(11-13-29)34(55-43(65)35-22-31(59)25-58(35)45(67)41(47(2,3)4)56-46(68)48(49)16-17-48)24-39(63)52-18-8-6-7-9-38(62)53-19-20-57(5)44(66)32-15-14-30(21-37(32)61)36(60)23-33(50)42(51)64/h10-15,21,23,26,31,34-35,41,59,61H,6-9,16-20,22,24-25,50H2,1-5H3,(H2,51,64)(H,52,63)(H,53,62)(H,55,65)(H,56,68)/p+1/b33-23-/t31-,34+,35+,41-/m1/s1. The minimum Gasteiger partial charge on any atom is -0.507 e. The predicted molar refractivity (Wildman–Crippen MR) is 252 cm³/mol. The second-order valence-corrected chi connectivity index (χ2v) is 19.5. The number of hydrogen-bond acceptors (Lipinski definition) is 13. The van der Waals surface area contributed by atoms with Crippen molar-refractivity contribution in [1.82, 2.24) is 36.1 Å². The number of phenolic OH excluding ortho intramolecular Hbond substituents is 1. The summed E-state index contributed by atoms with van der Waals surface area (Å²) in [5.74, 6) is -5.10. The molecule has 7 amide bonds. The highest BCUT2D eigenvalue weighted by Crippen LogP contribution is 2.40. The van der Waals surface area contributed by atoms with Gasteiger partial charge in [0.2, 0.25) is 23.6 Å². The number of phenols is 1. The highest BCUT2D eigenvalue weighted by Gasteiger charge is 2.53. The average Bonchev–Trinajstić information content (AvgIpc) is 3.70. The number of unbranched alkanes of at least 4 members (excludes halogenated alkanes) is 2. The fourth-order valence-electron chi connectivity index (χ4n) is 7.69. The molecular weight excluding hydrogens is 914 g/mol. The van der Waals surface area contributed by atoms with Crippen molar-refractivity contribution >= 4 is 58.5 Å². The summed E-state index contributed by atoms with van der Waals surface area (Å²) in [5.41, 5.74) is 9.42. The van der Waals surface area contributed by atoms with E-state index in [1.165, 1.54) is 40.3 Å². The van der Waals surface area contributed by atoms with Crippen molar-refractivity contribution in [3.05, 3.63) is 82.1 Å². The van der Waals surface area contributed by atoms with Gasteiger partial charge >= 0.3 is 5.91 Å². The molecule has 2 heterocycles. The van der Waals surface area contributed by atoms with E-state index in [9.17, 15) is 53.0 Å². The number of aromatic nitrogens is 1. The molecule has 4 atom stereocenters. The molecule has 2 aliphatic rings. The Balaban J connectivity index is 1.11. The quantitative estimate of drug-likeness (QED) is 0.0406. The van der Waals surface area contributed by atoms with Gasteiger partial charge in [-0.3, -0.25) is 39.3 Å². The van der Waals surface area contributed by atoms with Crippen molar-refractivity contribution in [2.45, 2.75) is 109 Å². The number of likely N-dealkylation sites (tertiary alicyclic amines) is 1. The maximum absolute atomic E-state index is 14.7. The number of amides is 7. The van der Waals surface area contributed by atoms with Gasteiger partial charge in [0.05, 0.1) is 40.2 Å². The molecule has 1 aromatic heterocycles. The van der Waals surface area contributed by atoms with Gasteiger partial charge in [-0.1, -0.05) is 51.5 Å². The first-order valence-electron chi connectivity index (χ1n) is 22.8. The normalized spacial score (nSPS) is 17.3. The van der Waals surface area contributed by atoms with Crippen LogP contribution in [0.5, 0.6) is 5.75 Å². The number of alkyl halides is 1. The molecule has 3 aromatic rings. The van der Waals surface area contributed by atoms with Gasteiger partial charge in [0.25, 0.3) is 11.8 Å². The SMILES string of the molecule is Cc1ncsc1-c1ccc([C@H](CC(=O)NCCCCCC(=O)NCCN(C)C(=O)c2ccc(C(=O)/C=C(\N)C([NH3+])=O)cc2O)NC(=O)[C@@H]2C[C@@H](O)CN2C(=O)[C@@H](NC(=O)C2(F)CC2)C(C)(C)C)cc1. The number of nitrogens with two attached hydrogens (primary N) is 1. The predicted octanol–water partition coefficient (Wildman–Crippen LogP) is 1.73. The number of thiazole rings is 1. The molecule has 11 N–H and O–H groups in total. The molecule has 21 heteroatoms. The molecule has 1 saturated heterocycles. The van der Waals surface area contributed by atoms with Crippen LogP contribution in [-0.2, 0) is 28.8 Å². The van der Waals surface area contributed by atoms with Crippen molar-refractivity contribution in [3.63, 3.8) is 0 Å². The molecule has 1 aliphatic heterocycles. The van der Waals surface area contributed by atoms with Gasteiger partial charge in [0.1, 0.15) is 23.5 Å². The number of allylic oxidation sites excluding steroid dienone is 1. The van der Waals surface area contributed by atoms with Crippen LogP contribution in [0.3, 0.4) is 0 Å². The number of quaternary nitrogens is 1. The number of aliphatic hydroxyl groups is 1. The third-order valence-corrected chi connectivity index (χ3v) is 13.0. The fraction of sp³-hybridized carbons (Fsp3) is 0.479. The van der Waals surface area contributed by atoms with E-state index in [2.05, 4.69) is 32.0 Å². The van der Waals surface area contributed by atoms with Crippen LogP contribution in [0.2, 0.25) is 0 Å². The van der Waals surface area contributed by atoms with E-state index in [0.717, 1.165) is 28.3 Å². The minimum absolute atomic E-state index is 0.00994. The first-order chi connectivity index (χ1) is 32.5. The molecule has 0 radical (unpaired) electrons. The van der Waals surface area contributed by atoms with Crippen LogP contribution in [0.1, 0.15) is 110 Å². The third kappa shape index (κ3) is 14.5. The van der Waals surface area contributed by atoms with Crippen LogP contribution in [0.15, 0.2) is 59.7 Å². The van der Waals surface area contributed by atoms with Crippen molar-refractivity contribution in [3.8, 4) is 16.2 Å². The molecule has 0 spiro atoms. The fourth-order valence-corrected chi connectivity index (χ4v) is 8.50. The van der Waals surface area contributed by atoms with Crippen LogP contribution in [-0.4, -0.2) is 129 Å². The number of carbonyl (C=O) groups is 8. The van der Waals surface area contributed by atoms with E-state index in [1.807, 2.05) is 19.1 Å². The number of aromatic hydroxyl groups is 1. The summed E-state index contributed by atoms with van der Waals surface area (Å²) in [6.45, 7) is 7.42. The first-order valence-corrected chi connectivity index (χ1v) is 23.7. The van der Waals surface area contributed by atoms with E-state index < -0.39 is 76.4 Å². The summed E-state index contributed by atoms with van der Waals surface area (Å²) in [4.78, 5) is 111. The Hall–Kier alpha value is -6.58. The number of aliphatic hydroxyl groups excluding tert-OH is 1. The van der Waals surface area contributed by atoms with E-state index in [0.29, 0.717) is 24.8 Å². The van der Waals surface area contributed by atoms with Gasteiger partial charge in [-0.15, -0.1) is 11.3 Å². The summed E-state index contributed by atoms with van der Waals surface area (Å²) in [6, 6.07) is 7.87. The lowest BCUT2D eigenvalue weighted by Crippen LogP contribution is -2.59. The molecule has 2 aromatic carbocycles. The van der Waals surface area contributed by atoms with Gasteiger partial charge in [-0.25, -0.2) is 14.2 Å².